The highest BCUT2D eigenvalue weighted by Gasteiger charge is 2.33. The van der Waals surface area contributed by atoms with E-state index in [0.717, 1.165) is 30.5 Å². The van der Waals surface area contributed by atoms with Crippen LogP contribution in [0.3, 0.4) is 0 Å². The Labute approximate surface area is 145 Å². The Morgan fingerprint density at radius 2 is 2.12 bits per heavy atom. The minimum absolute atomic E-state index is 0.128. The standard InChI is InChI=1S/C18H19N5O2/c1-2-13-11-23(22-20-13)15-8-14(9-15)19-18(24)16-10-17(25-21-16)12-6-4-3-5-7-12/h3-7,10-11,14-15H,2,8-9H2,1H3,(H,19,24)/t14-,15+. The molecule has 7 nitrogen and oxygen atoms in total. The first-order chi connectivity index (χ1) is 12.2. The summed E-state index contributed by atoms with van der Waals surface area (Å²) in [7, 11) is 0. The molecule has 0 saturated heterocycles. The van der Waals surface area contributed by atoms with Gasteiger partial charge in [-0.3, -0.25) is 4.79 Å². The molecule has 3 aromatic rings. The fourth-order valence-electron chi connectivity index (χ4n) is 2.96. The Morgan fingerprint density at radius 1 is 1.32 bits per heavy atom. The van der Waals surface area contributed by atoms with Gasteiger partial charge >= 0.3 is 0 Å². The lowest BCUT2D eigenvalue weighted by Crippen LogP contribution is -2.45. The molecule has 0 spiro atoms. The Bertz CT molecular complexity index is 864. The summed E-state index contributed by atoms with van der Waals surface area (Å²) in [4.78, 5) is 12.3. The van der Waals surface area contributed by atoms with Crippen molar-refractivity contribution < 1.29 is 9.32 Å². The van der Waals surface area contributed by atoms with Crippen LogP contribution in [0.25, 0.3) is 11.3 Å². The summed E-state index contributed by atoms with van der Waals surface area (Å²) in [6, 6.07) is 11.7. The SMILES string of the molecule is CCc1cn([C@H]2C[C@@H](NC(=O)c3cc(-c4ccccc4)on3)C2)nn1. The number of amides is 1. The molecule has 0 unspecified atom stereocenters. The molecule has 1 amide bonds. The van der Waals surface area contributed by atoms with E-state index in [4.69, 9.17) is 4.52 Å². The van der Waals surface area contributed by atoms with Gasteiger partial charge < -0.3 is 9.84 Å². The third kappa shape index (κ3) is 3.17. The zero-order valence-corrected chi connectivity index (χ0v) is 13.9. The molecule has 1 aliphatic rings. The first kappa shape index (κ1) is 15.6. The van der Waals surface area contributed by atoms with Crippen LogP contribution >= 0.6 is 0 Å². The van der Waals surface area contributed by atoms with Crippen molar-refractivity contribution in [3.8, 4) is 11.3 Å². The van der Waals surface area contributed by atoms with Crippen LogP contribution in [0.1, 0.15) is 42.0 Å². The molecule has 2 aromatic heterocycles. The fraction of sp³-hybridized carbons (Fsp3) is 0.333. The van der Waals surface area contributed by atoms with Crippen LogP contribution in [0.15, 0.2) is 47.1 Å². The van der Waals surface area contributed by atoms with Crippen LogP contribution in [0.5, 0.6) is 0 Å². The van der Waals surface area contributed by atoms with E-state index >= 15 is 0 Å². The highest BCUT2D eigenvalue weighted by atomic mass is 16.5. The van der Waals surface area contributed by atoms with Gasteiger partial charge in [0.15, 0.2) is 11.5 Å². The lowest BCUT2D eigenvalue weighted by molar-refractivity contribution is 0.0878. The number of hydrogen-bond acceptors (Lipinski definition) is 5. The molecule has 25 heavy (non-hydrogen) atoms. The van der Waals surface area contributed by atoms with Crippen molar-refractivity contribution in [2.45, 2.75) is 38.3 Å². The number of aromatic nitrogens is 4. The average molecular weight is 337 g/mol. The second kappa shape index (κ2) is 6.51. The number of hydrogen-bond donors (Lipinski definition) is 1. The summed E-state index contributed by atoms with van der Waals surface area (Å²) in [5.41, 5.74) is 2.19. The highest BCUT2D eigenvalue weighted by molar-refractivity contribution is 5.93. The summed E-state index contributed by atoms with van der Waals surface area (Å²) < 4.78 is 7.17. The third-order valence-corrected chi connectivity index (χ3v) is 4.54. The maximum atomic E-state index is 12.3. The van der Waals surface area contributed by atoms with Crippen LogP contribution in [0.4, 0.5) is 0 Å². The summed E-state index contributed by atoms with van der Waals surface area (Å²) >= 11 is 0. The van der Waals surface area contributed by atoms with Crippen molar-refractivity contribution >= 4 is 5.91 Å². The van der Waals surface area contributed by atoms with Gasteiger partial charge in [0.25, 0.3) is 5.91 Å². The molecule has 1 fully saturated rings. The lowest BCUT2D eigenvalue weighted by Gasteiger charge is -2.35. The molecule has 0 radical (unpaired) electrons. The molecule has 1 saturated carbocycles. The predicted octanol–water partition coefficient (Wildman–Crippen LogP) is 2.63. The molecule has 0 bridgehead atoms. The number of aryl methyl sites for hydroxylation is 1. The van der Waals surface area contributed by atoms with E-state index in [0.29, 0.717) is 17.5 Å². The molecule has 4 rings (SSSR count). The van der Waals surface area contributed by atoms with Crippen LogP contribution in [-0.4, -0.2) is 32.1 Å². The Kier molecular flexibility index (Phi) is 4.05. The summed E-state index contributed by atoms with van der Waals surface area (Å²) in [5, 5.41) is 15.1. The molecule has 0 aliphatic heterocycles. The molecule has 1 aliphatic carbocycles. The van der Waals surface area contributed by atoms with Gasteiger partial charge in [0.05, 0.1) is 11.7 Å². The van der Waals surface area contributed by atoms with Crippen molar-refractivity contribution in [2.75, 3.05) is 0 Å². The van der Waals surface area contributed by atoms with Gasteiger partial charge in [-0.05, 0) is 19.3 Å². The summed E-state index contributed by atoms with van der Waals surface area (Å²) in [6.07, 6.45) is 4.55. The summed E-state index contributed by atoms with van der Waals surface area (Å²) in [5.74, 6) is 0.383. The number of carbonyl (C=O) groups is 1. The van der Waals surface area contributed by atoms with E-state index in [1.54, 1.807) is 6.07 Å². The van der Waals surface area contributed by atoms with E-state index < -0.39 is 0 Å². The van der Waals surface area contributed by atoms with Gasteiger partial charge in [0.2, 0.25) is 0 Å². The van der Waals surface area contributed by atoms with Gasteiger partial charge in [-0.15, -0.1) is 5.10 Å². The maximum Gasteiger partial charge on any atom is 0.273 e. The summed E-state index contributed by atoms with van der Waals surface area (Å²) in [6.45, 7) is 2.06. The average Bonchev–Trinajstić information content (AvgIpc) is 3.27. The largest absolute Gasteiger partial charge is 0.355 e. The Balaban J connectivity index is 1.34. The maximum absolute atomic E-state index is 12.3. The second-order valence-corrected chi connectivity index (χ2v) is 6.28. The zero-order valence-electron chi connectivity index (χ0n) is 13.9. The molecule has 2 heterocycles. The van der Waals surface area contributed by atoms with Gasteiger partial charge in [-0.2, -0.15) is 0 Å². The van der Waals surface area contributed by atoms with Gasteiger partial charge in [0.1, 0.15) is 0 Å². The normalized spacial score (nSPS) is 19.4. The molecule has 0 atom stereocenters. The van der Waals surface area contributed by atoms with Crippen LogP contribution < -0.4 is 5.32 Å². The third-order valence-electron chi connectivity index (χ3n) is 4.54. The molecule has 1 N–H and O–H groups in total. The highest BCUT2D eigenvalue weighted by Crippen LogP contribution is 2.31. The van der Waals surface area contributed by atoms with Gasteiger partial charge in [0, 0.05) is 23.9 Å². The molecule has 128 valence electrons. The first-order valence-corrected chi connectivity index (χ1v) is 8.46. The molecular formula is C18H19N5O2. The number of nitrogens with zero attached hydrogens (tertiary/aromatic N) is 4. The van der Waals surface area contributed by atoms with Crippen molar-refractivity contribution in [3.63, 3.8) is 0 Å². The van der Waals surface area contributed by atoms with Gasteiger partial charge in [-0.25, -0.2) is 4.68 Å². The second-order valence-electron chi connectivity index (χ2n) is 6.28. The quantitative estimate of drug-likeness (QED) is 0.773. The van der Waals surface area contributed by atoms with E-state index in [-0.39, 0.29) is 11.9 Å². The Morgan fingerprint density at radius 3 is 2.84 bits per heavy atom. The Hall–Kier alpha value is -2.96. The predicted molar refractivity (Wildman–Crippen MR) is 90.9 cm³/mol. The zero-order chi connectivity index (χ0) is 17.2. The number of benzene rings is 1. The first-order valence-electron chi connectivity index (χ1n) is 8.46. The number of rotatable bonds is 5. The van der Waals surface area contributed by atoms with Crippen molar-refractivity contribution in [3.05, 3.63) is 54.0 Å². The molecule has 7 heteroatoms. The van der Waals surface area contributed by atoms with E-state index in [1.165, 1.54) is 0 Å². The lowest BCUT2D eigenvalue weighted by atomic mass is 9.87. The molecule has 1 aromatic carbocycles. The van der Waals surface area contributed by atoms with Crippen LogP contribution in [0.2, 0.25) is 0 Å². The topological polar surface area (TPSA) is 85.8 Å². The van der Waals surface area contributed by atoms with E-state index in [2.05, 4.69) is 27.7 Å². The minimum atomic E-state index is -0.206. The minimum Gasteiger partial charge on any atom is -0.355 e. The van der Waals surface area contributed by atoms with Gasteiger partial charge in [-0.1, -0.05) is 47.6 Å². The fourth-order valence-corrected chi connectivity index (χ4v) is 2.96. The van der Waals surface area contributed by atoms with Crippen LogP contribution in [-0.2, 0) is 6.42 Å². The monoisotopic (exact) mass is 337 g/mol. The van der Waals surface area contributed by atoms with E-state index in [9.17, 15) is 4.79 Å². The number of nitrogens with one attached hydrogen (secondary N) is 1. The van der Waals surface area contributed by atoms with Crippen molar-refractivity contribution in [2.24, 2.45) is 0 Å². The number of carbonyl (C=O) groups excluding carboxylic acids is 1. The smallest absolute Gasteiger partial charge is 0.273 e. The van der Waals surface area contributed by atoms with Crippen LogP contribution in [0, 0.1) is 0 Å². The molecular weight excluding hydrogens is 318 g/mol. The van der Waals surface area contributed by atoms with Crippen molar-refractivity contribution in [1.82, 2.24) is 25.5 Å². The van der Waals surface area contributed by atoms with E-state index in [1.807, 2.05) is 41.2 Å². The van der Waals surface area contributed by atoms with Crippen molar-refractivity contribution in [1.29, 1.82) is 0 Å².